The lowest BCUT2D eigenvalue weighted by Crippen LogP contribution is -2.24. The zero-order valence-electron chi connectivity index (χ0n) is 17.3. The molecule has 0 radical (unpaired) electrons. The molecule has 0 aromatic heterocycles. The molecule has 5 N–H and O–H groups in total. The van der Waals surface area contributed by atoms with Gasteiger partial charge in [-0.2, -0.15) is 0 Å². The topological polar surface area (TPSA) is 116 Å². The summed E-state index contributed by atoms with van der Waals surface area (Å²) in [4.78, 5) is 23.7. The van der Waals surface area contributed by atoms with Gasteiger partial charge in [0.1, 0.15) is 5.70 Å². The van der Waals surface area contributed by atoms with Gasteiger partial charge in [0, 0.05) is 11.1 Å². The Labute approximate surface area is 185 Å². The van der Waals surface area contributed by atoms with E-state index in [4.69, 9.17) is 11.1 Å². The fourth-order valence-electron chi connectivity index (χ4n) is 3.91. The zero-order valence-corrected chi connectivity index (χ0v) is 17.3. The van der Waals surface area contributed by atoms with E-state index < -0.39 is 17.9 Å². The van der Waals surface area contributed by atoms with Gasteiger partial charge in [-0.25, -0.2) is 4.79 Å². The molecule has 0 aliphatic carbocycles. The van der Waals surface area contributed by atoms with Crippen molar-refractivity contribution in [3.8, 4) is 0 Å². The van der Waals surface area contributed by atoms with E-state index in [2.05, 4.69) is 17.4 Å². The number of amides is 1. The molecule has 0 spiro atoms. The van der Waals surface area contributed by atoms with Crippen molar-refractivity contribution < 1.29 is 14.7 Å². The third kappa shape index (κ3) is 4.30. The Hall–Kier alpha value is -4.19. The Bertz CT molecular complexity index is 1230. The molecule has 1 heterocycles. The Morgan fingerprint density at radius 2 is 1.56 bits per heavy atom. The first-order valence-electron chi connectivity index (χ1n) is 10.3. The largest absolute Gasteiger partial charge is 0.478 e. The normalized spacial score (nSPS) is 15.5. The number of carboxylic acids is 1. The Balaban J connectivity index is 1.61. The molecule has 0 saturated heterocycles. The SMILES string of the molecule is N=C(C1=C(N)C(=O)NC1c1cccc(C(=O)O)c1)c1cccc(CCc2ccccc2)c1. The number of hydrogen-bond acceptors (Lipinski definition) is 4. The van der Waals surface area contributed by atoms with Crippen molar-refractivity contribution in [1.29, 1.82) is 5.41 Å². The lowest BCUT2D eigenvalue weighted by atomic mass is 9.90. The Morgan fingerprint density at radius 3 is 2.31 bits per heavy atom. The predicted molar refractivity (Wildman–Crippen MR) is 123 cm³/mol. The molecule has 6 heteroatoms. The minimum atomic E-state index is -1.06. The van der Waals surface area contributed by atoms with E-state index in [1.165, 1.54) is 17.7 Å². The summed E-state index contributed by atoms with van der Waals surface area (Å²) in [6.45, 7) is 0. The number of rotatable bonds is 7. The van der Waals surface area contributed by atoms with Crippen LogP contribution < -0.4 is 11.1 Å². The second kappa shape index (κ2) is 8.89. The molecule has 0 bridgehead atoms. The average molecular weight is 425 g/mol. The monoisotopic (exact) mass is 425 g/mol. The maximum absolute atomic E-state index is 12.3. The highest BCUT2D eigenvalue weighted by molar-refractivity contribution is 6.18. The van der Waals surface area contributed by atoms with Gasteiger partial charge in [0.2, 0.25) is 0 Å². The molecule has 1 atom stereocenters. The van der Waals surface area contributed by atoms with Crippen LogP contribution in [0.25, 0.3) is 0 Å². The molecule has 1 aliphatic heterocycles. The van der Waals surface area contributed by atoms with Crippen LogP contribution in [-0.4, -0.2) is 22.7 Å². The number of carboxylic acid groups (broad SMARTS) is 1. The molecular formula is C26H23N3O3. The second-order valence-corrected chi connectivity index (χ2v) is 7.73. The van der Waals surface area contributed by atoms with Gasteiger partial charge >= 0.3 is 5.97 Å². The number of benzene rings is 3. The quantitative estimate of drug-likeness (QED) is 0.433. The molecular weight excluding hydrogens is 402 g/mol. The summed E-state index contributed by atoms with van der Waals surface area (Å²) in [7, 11) is 0. The summed E-state index contributed by atoms with van der Waals surface area (Å²) < 4.78 is 0. The number of hydrogen-bond donors (Lipinski definition) is 4. The van der Waals surface area contributed by atoms with Crippen molar-refractivity contribution in [3.05, 3.63) is 118 Å². The van der Waals surface area contributed by atoms with Crippen LogP contribution in [0, 0.1) is 5.41 Å². The summed E-state index contributed by atoms with van der Waals surface area (Å²) >= 11 is 0. The molecule has 3 aromatic rings. The molecule has 0 fully saturated rings. The molecule has 1 amide bonds. The third-order valence-corrected chi connectivity index (χ3v) is 5.60. The van der Waals surface area contributed by atoms with Crippen LogP contribution in [0.3, 0.4) is 0 Å². The molecule has 4 rings (SSSR count). The Morgan fingerprint density at radius 1 is 0.906 bits per heavy atom. The van der Waals surface area contributed by atoms with Gasteiger partial charge in [-0.3, -0.25) is 10.2 Å². The van der Waals surface area contributed by atoms with Crippen LogP contribution >= 0.6 is 0 Å². The molecule has 6 nitrogen and oxygen atoms in total. The van der Waals surface area contributed by atoms with E-state index >= 15 is 0 Å². The first-order valence-corrected chi connectivity index (χ1v) is 10.3. The fourth-order valence-corrected chi connectivity index (χ4v) is 3.91. The van der Waals surface area contributed by atoms with Crippen LogP contribution in [0.5, 0.6) is 0 Å². The predicted octanol–water partition coefficient (Wildman–Crippen LogP) is 3.62. The minimum absolute atomic E-state index is 0.0181. The number of aryl methyl sites for hydroxylation is 2. The van der Waals surface area contributed by atoms with Gasteiger partial charge in [0.05, 0.1) is 17.3 Å². The molecule has 160 valence electrons. The molecule has 0 saturated carbocycles. The smallest absolute Gasteiger partial charge is 0.335 e. The van der Waals surface area contributed by atoms with Gasteiger partial charge < -0.3 is 16.2 Å². The van der Waals surface area contributed by atoms with Crippen molar-refractivity contribution in [2.75, 3.05) is 0 Å². The van der Waals surface area contributed by atoms with Crippen LogP contribution in [0.2, 0.25) is 0 Å². The van der Waals surface area contributed by atoms with E-state index in [0.29, 0.717) is 16.7 Å². The van der Waals surface area contributed by atoms with Gasteiger partial charge in [0.25, 0.3) is 5.91 Å². The number of nitrogens with one attached hydrogen (secondary N) is 2. The summed E-state index contributed by atoms with van der Waals surface area (Å²) in [5.41, 5.74) is 10.2. The maximum atomic E-state index is 12.3. The van der Waals surface area contributed by atoms with E-state index in [0.717, 1.165) is 18.4 Å². The fraction of sp³-hybridized carbons (Fsp3) is 0.115. The third-order valence-electron chi connectivity index (χ3n) is 5.60. The van der Waals surface area contributed by atoms with E-state index in [9.17, 15) is 14.7 Å². The second-order valence-electron chi connectivity index (χ2n) is 7.73. The van der Waals surface area contributed by atoms with Gasteiger partial charge in [-0.1, -0.05) is 60.7 Å². The highest BCUT2D eigenvalue weighted by Crippen LogP contribution is 2.31. The molecule has 3 aromatic carbocycles. The van der Waals surface area contributed by atoms with Crippen molar-refractivity contribution in [2.24, 2.45) is 5.73 Å². The minimum Gasteiger partial charge on any atom is -0.478 e. The summed E-state index contributed by atoms with van der Waals surface area (Å²) in [5.74, 6) is -1.52. The summed E-state index contributed by atoms with van der Waals surface area (Å²) in [6.07, 6.45) is 1.70. The highest BCUT2D eigenvalue weighted by atomic mass is 16.4. The molecule has 1 unspecified atom stereocenters. The summed E-state index contributed by atoms with van der Waals surface area (Å²) in [5, 5.41) is 20.9. The average Bonchev–Trinajstić information content (AvgIpc) is 3.12. The van der Waals surface area contributed by atoms with Crippen molar-refractivity contribution in [1.82, 2.24) is 5.32 Å². The van der Waals surface area contributed by atoms with Crippen molar-refractivity contribution >= 4 is 17.6 Å². The van der Waals surface area contributed by atoms with Gasteiger partial charge in [0.15, 0.2) is 0 Å². The first-order chi connectivity index (χ1) is 15.4. The van der Waals surface area contributed by atoms with Gasteiger partial charge in [-0.15, -0.1) is 0 Å². The van der Waals surface area contributed by atoms with E-state index in [-0.39, 0.29) is 17.0 Å². The highest BCUT2D eigenvalue weighted by Gasteiger charge is 2.34. The number of nitrogens with two attached hydrogens (primary N) is 1. The zero-order chi connectivity index (χ0) is 22.7. The van der Waals surface area contributed by atoms with Crippen LogP contribution in [0.4, 0.5) is 0 Å². The van der Waals surface area contributed by atoms with Gasteiger partial charge in [-0.05, 0) is 47.7 Å². The molecule has 32 heavy (non-hydrogen) atoms. The summed E-state index contributed by atoms with van der Waals surface area (Å²) in [6, 6.07) is 23.5. The standard InChI is InChI=1S/C26H23N3O3/c27-22(18-9-4-8-17(14-18)13-12-16-6-2-1-3-7-16)21-23(28)25(30)29-24(21)19-10-5-11-20(15-19)26(31)32/h1-11,14-15,24,27H,12-13,28H2,(H,29,30)(H,31,32). The Kier molecular flexibility index (Phi) is 5.85. The molecule has 1 aliphatic rings. The lowest BCUT2D eigenvalue weighted by Gasteiger charge is -2.17. The number of carbonyl (C=O) groups excluding carboxylic acids is 1. The first kappa shape index (κ1) is 21.1. The van der Waals surface area contributed by atoms with Crippen LogP contribution in [0.1, 0.15) is 38.7 Å². The van der Waals surface area contributed by atoms with Crippen LogP contribution in [0.15, 0.2) is 90.1 Å². The van der Waals surface area contributed by atoms with E-state index in [1.54, 1.807) is 12.1 Å². The van der Waals surface area contributed by atoms with Crippen LogP contribution in [-0.2, 0) is 17.6 Å². The number of carbonyl (C=O) groups is 2. The lowest BCUT2D eigenvalue weighted by molar-refractivity contribution is -0.117. The maximum Gasteiger partial charge on any atom is 0.335 e. The van der Waals surface area contributed by atoms with Crippen molar-refractivity contribution in [3.63, 3.8) is 0 Å². The van der Waals surface area contributed by atoms with Crippen molar-refractivity contribution in [2.45, 2.75) is 18.9 Å². The van der Waals surface area contributed by atoms with E-state index in [1.807, 2.05) is 42.5 Å². The number of aromatic carboxylic acids is 1.